The summed E-state index contributed by atoms with van der Waals surface area (Å²) >= 11 is 0. The van der Waals surface area contributed by atoms with E-state index < -0.39 is 0 Å². The number of rotatable bonds is 6. The lowest BCUT2D eigenvalue weighted by atomic mass is 10.00. The molecule has 2 fully saturated rings. The molecule has 3 unspecified atom stereocenters. The summed E-state index contributed by atoms with van der Waals surface area (Å²) in [5.41, 5.74) is 3.49. The second-order valence-corrected chi connectivity index (χ2v) is 8.67. The first-order valence-electron chi connectivity index (χ1n) is 11.4. The molecule has 4 rings (SSSR count). The van der Waals surface area contributed by atoms with Gasteiger partial charge in [-0.25, -0.2) is 0 Å². The fourth-order valence-corrected chi connectivity index (χ4v) is 4.88. The number of benzene rings is 1. The zero-order valence-electron chi connectivity index (χ0n) is 19.6. The van der Waals surface area contributed by atoms with E-state index in [1.54, 1.807) is 0 Å². The van der Waals surface area contributed by atoms with Gasteiger partial charge in [0.05, 0.1) is 24.4 Å². The number of halogens is 1. The summed E-state index contributed by atoms with van der Waals surface area (Å²) in [6, 6.07) is 11.1. The molecule has 2 aliphatic rings. The number of ether oxygens (including phenoxy) is 1. The third-order valence-corrected chi connectivity index (χ3v) is 6.38. The molecule has 3 atom stereocenters. The average molecular weight is 553 g/mol. The summed E-state index contributed by atoms with van der Waals surface area (Å²) in [6.07, 6.45) is 0.223. The predicted octanol–water partition coefficient (Wildman–Crippen LogP) is 3.56. The highest BCUT2D eigenvalue weighted by molar-refractivity contribution is 14.0. The molecule has 32 heavy (non-hydrogen) atoms. The SMILES string of the molecule is CCNC(=NCC(C)c1c(C)noc1C)N1CC2OCCN(Cc3ccccc3)C2C1.I. The third kappa shape index (κ3) is 5.63. The van der Waals surface area contributed by atoms with Crippen LogP contribution in [-0.4, -0.2) is 72.4 Å². The molecular weight excluding hydrogens is 517 g/mol. The van der Waals surface area contributed by atoms with E-state index in [9.17, 15) is 0 Å². The highest BCUT2D eigenvalue weighted by Gasteiger charge is 2.41. The van der Waals surface area contributed by atoms with Gasteiger partial charge in [-0.15, -0.1) is 24.0 Å². The summed E-state index contributed by atoms with van der Waals surface area (Å²) in [6.45, 7) is 14.4. The van der Waals surface area contributed by atoms with Crippen LogP contribution in [0.15, 0.2) is 39.8 Å². The molecular formula is C24H36IN5O2. The number of aryl methyl sites for hydroxylation is 2. The molecule has 0 radical (unpaired) electrons. The Bertz CT molecular complexity index is 868. The molecule has 1 N–H and O–H groups in total. The summed E-state index contributed by atoms with van der Waals surface area (Å²) in [7, 11) is 0. The lowest BCUT2D eigenvalue weighted by molar-refractivity contribution is -0.0502. The van der Waals surface area contributed by atoms with Crippen LogP contribution in [-0.2, 0) is 11.3 Å². The summed E-state index contributed by atoms with van der Waals surface area (Å²) in [5, 5.41) is 7.59. The van der Waals surface area contributed by atoms with Crippen molar-refractivity contribution in [1.82, 2.24) is 20.3 Å². The summed E-state index contributed by atoms with van der Waals surface area (Å²) in [4.78, 5) is 9.92. The van der Waals surface area contributed by atoms with Crippen LogP contribution in [0.2, 0.25) is 0 Å². The lowest BCUT2D eigenvalue weighted by Gasteiger charge is -2.36. The van der Waals surface area contributed by atoms with Gasteiger partial charge in [0.25, 0.3) is 0 Å². The topological polar surface area (TPSA) is 66.1 Å². The maximum atomic E-state index is 6.16. The molecule has 7 nitrogen and oxygen atoms in total. The van der Waals surface area contributed by atoms with Gasteiger partial charge in [-0.1, -0.05) is 42.4 Å². The lowest BCUT2D eigenvalue weighted by Crippen LogP contribution is -2.50. The number of nitrogens with zero attached hydrogens (tertiary/aromatic N) is 4. The first kappa shape index (κ1) is 25.0. The van der Waals surface area contributed by atoms with Crippen LogP contribution in [0.5, 0.6) is 0 Å². The van der Waals surface area contributed by atoms with Crippen molar-refractivity contribution in [3.05, 3.63) is 52.9 Å². The van der Waals surface area contributed by atoms with Crippen molar-refractivity contribution >= 4 is 29.9 Å². The van der Waals surface area contributed by atoms with Crippen molar-refractivity contribution in [3.8, 4) is 0 Å². The molecule has 2 aliphatic heterocycles. The van der Waals surface area contributed by atoms with Crippen molar-refractivity contribution < 1.29 is 9.26 Å². The fourth-order valence-electron chi connectivity index (χ4n) is 4.88. The molecule has 0 amide bonds. The van der Waals surface area contributed by atoms with Gasteiger partial charge in [-0.2, -0.15) is 0 Å². The number of likely N-dealkylation sites (tertiary alicyclic amines) is 1. The third-order valence-electron chi connectivity index (χ3n) is 6.38. The van der Waals surface area contributed by atoms with Crippen molar-refractivity contribution in [2.75, 3.05) is 39.3 Å². The van der Waals surface area contributed by atoms with Gasteiger partial charge in [-0.3, -0.25) is 9.89 Å². The van der Waals surface area contributed by atoms with Crippen LogP contribution < -0.4 is 5.32 Å². The number of aliphatic imine (C=N–C) groups is 1. The van der Waals surface area contributed by atoms with Crippen molar-refractivity contribution in [2.45, 2.75) is 52.3 Å². The van der Waals surface area contributed by atoms with E-state index in [1.807, 2.05) is 13.8 Å². The number of nitrogens with one attached hydrogen (secondary N) is 1. The molecule has 1 aromatic heterocycles. The molecule has 0 saturated carbocycles. The highest BCUT2D eigenvalue weighted by atomic mass is 127. The zero-order valence-corrected chi connectivity index (χ0v) is 21.9. The monoisotopic (exact) mass is 553 g/mol. The smallest absolute Gasteiger partial charge is 0.194 e. The van der Waals surface area contributed by atoms with E-state index >= 15 is 0 Å². The number of fused-ring (bicyclic) bond motifs is 1. The van der Waals surface area contributed by atoms with Crippen LogP contribution >= 0.6 is 24.0 Å². The zero-order chi connectivity index (χ0) is 21.8. The molecule has 3 heterocycles. The Labute approximate surface area is 208 Å². The van der Waals surface area contributed by atoms with Gasteiger partial charge in [0.15, 0.2) is 5.96 Å². The van der Waals surface area contributed by atoms with Gasteiger partial charge in [0.2, 0.25) is 0 Å². The van der Waals surface area contributed by atoms with Crippen LogP contribution in [0.25, 0.3) is 0 Å². The van der Waals surface area contributed by atoms with Gasteiger partial charge >= 0.3 is 0 Å². The molecule has 0 spiro atoms. The maximum absolute atomic E-state index is 6.16. The van der Waals surface area contributed by atoms with Crippen LogP contribution in [0, 0.1) is 13.8 Å². The van der Waals surface area contributed by atoms with Crippen molar-refractivity contribution in [3.63, 3.8) is 0 Å². The van der Waals surface area contributed by atoms with Gasteiger partial charge in [-0.05, 0) is 26.3 Å². The van der Waals surface area contributed by atoms with Crippen LogP contribution in [0.1, 0.15) is 42.3 Å². The molecule has 176 valence electrons. The van der Waals surface area contributed by atoms with E-state index in [0.717, 1.165) is 56.7 Å². The molecule has 0 aliphatic carbocycles. The van der Waals surface area contributed by atoms with Gasteiger partial charge in [0.1, 0.15) is 5.76 Å². The largest absolute Gasteiger partial charge is 0.373 e. The summed E-state index contributed by atoms with van der Waals surface area (Å²) < 4.78 is 11.5. The van der Waals surface area contributed by atoms with E-state index in [0.29, 0.717) is 12.6 Å². The average Bonchev–Trinajstić information content (AvgIpc) is 3.35. The minimum Gasteiger partial charge on any atom is -0.373 e. The van der Waals surface area contributed by atoms with E-state index in [2.05, 4.69) is 64.5 Å². The number of guanidine groups is 1. The first-order valence-corrected chi connectivity index (χ1v) is 11.4. The Hall–Kier alpha value is -1.65. The number of morpholine rings is 1. The van der Waals surface area contributed by atoms with Crippen LogP contribution in [0.3, 0.4) is 0 Å². The first-order chi connectivity index (χ1) is 15.1. The van der Waals surface area contributed by atoms with Crippen molar-refractivity contribution in [2.24, 2.45) is 4.99 Å². The normalized spacial score (nSPS) is 22.4. The molecule has 2 aromatic rings. The molecule has 0 bridgehead atoms. The Kier molecular flexibility index (Phi) is 8.95. The standard InChI is InChI=1S/C24H35N5O2.HI/c1-5-25-24(26-13-17(2)23-18(3)27-31-19(23)4)29-15-21-22(16-29)30-12-11-28(21)14-20-9-7-6-8-10-20;/h6-10,17,21-22H,5,11-16H2,1-4H3,(H,25,26);1H. The summed E-state index contributed by atoms with van der Waals surface area (Å²) in [5.74, 6) is 2.12. The molecule has 8 heteroatoms. The highest BCUT2D eigenvalue weighted by Crippen LogP contribution is 2.26. The van der Waals surface area contributed by atoms with E-state index in [4.69, 9.17) is 14.3 Å². The minimum absolute atomic E-state index is 0. The number of hydrogen-bond acceptors (Lipinski definition) is 5. The van der Waals surface area contributed by atoms with Crippen LogP contribution in [0.4, 0.5) is 0 Å². The number of hydrogen-bond donors (Lipinski definition) is 1. The van der Waals surface area contributed by atoms with E-state index in [-0.39, 0.29) is 36.0 Å². The van der Waals surface area contributed by atoms with E-state index in [1.165, 1.54) is 11.1 Å². The Morgan fingerprint density at radius 3 is 2.72 bits per heavy atom. The van der Waals surface area contributed by atoms with Gasteiger partial charge in [0, 0.05) is 50.7 Å². The van der Waals surface area contributed by atoms with Gasteiger partial charge < -0.3 is 19.5 Å². The minimum atomic E-state index is 0. The Morgan fingerprint density at radius 1 is 1.25 bits per heavy atom. The molecule has 1 aromatic carbocycles. The molecule has 2 saturated heterocycles. The Balaban J connectivity index is 0.00000289. The quantitative estimate of drug-likeness (QED) is 0.336. The number of aromatic nitrogens is 1. The fraction of sp³-hybridized carbons (Fsp3) is 0.583. The Morgan fingerprint density at radius 2 is 2.03 bits per heavy atom. The second-order valence-electron chi connectivity index (χ2n) is 8.67. The van der Waals surface area contributed by atoms with Crippen molar-refractivity contribution in [1.29, 1.82) is 0 Å². The second kappa shape index (κ2) is 11.5. The predicted molar refractivity (Wildman–Crippen MR) is 138 cm³/mol. The maximum Gasteiger partial charge on any atom is 0.194 e.